The number of para-hydroxylation sites is 1. The minimum Gasteiger partial charge on any atom is -0.492 e. The molecule has 2 aromatic carbocycles. The molecule has 1 unspecified atom stereocenters. The van der Waals surface area contributed by atoms with Crippen molar-refractivity contribution in [2.45, 2.75) is 25.3 Å². The second-order valence-corrected chi connectivity index (χ2v) is 6.47. The summed E-state index contributed by atoms with van der Waals surface area (Å²) in [6.45, 7) is 2.50. The Bertz CT molecular complexity index is 645. The normalized spacial score (nSPS) is 17.4. The van der Waals surface area contributed by atoms with Gasteiger partial charge in [-0.25, -0.2) is 0 Å². The van der Waals surface area contributed by atoms with Gasteiger partial charge in [0, 0.05) is 6.04 Å². The zero-order chi connectivity index (χ0) is 17.3. The highest BCUT2D eigenvalue weighted by Gasteiger charge is 2.26. The molecule has 1 amide bonds. The predicted octanol–water partition coefficient (Wildman–Crippen LogP) is 2.89. The van der Waals surface area contributed by atoms with Crippen molar-refractivity contribution in [3.8, 4) is 5.75 Å². The van der Waals surface area contributed by atoms with E-state index in [1.807, 2.05) is 36.4 Å². The van der Waals surface area contributed by atoms with E-state index in [9.17, 15) is 4.79 Å². The summed E-state index contributed by atoms with van der Waals surface area (Å²) >= 11 is 0. The molecule has 1 aliphatic heterocycles. The summed E-state index contributed by atoms with van der Waals surface area (Å²) in [7, 11) is 0. The summed E-state index contributed by atoms with van der Waals surface area (Å²) in [6.07, 6.45) is 3.35. The van der Waals surface area contributed by atoms with Gasteiger partial charge in [-0.2, -0.15) is 0 Å². The maximum absolute atomic E-state index is 12.2. The van der Waals surface area contributed by atoms with Gasteiger partial charge in [0.25, 0.3) is 0 Å². The lowest BCUT2D eigenvalue weighted by molar-refractivity contribution is -0.122. The van der Waals surface area contributed by atoms with E-state index >= 15 is 0 Å². The maximum Gasteiger partial charge on any atom is 0.234 e. The SMILES string of the molecule is O=C(CN1CCCC1Cc1ccccc1)NCCOc1ccccc1. The second-order valence-electron chi connectivity index (χ2n) is 6.47. The van der Waals surface area contributed by atoms with E-state index in [0.29, 0.717) is 25.7 Å². The molecule has 4 heteroatoms. The van der Waals surface area contributed by atoms with Crippen molar-refractivity contribution < 1.29 is 9.53 Å². The second kappa shape index (κ2) is 9.23. The smallest absolute Gasteiger partial charge is 0.234 e. The van der Waals surface area contributed by atoms with Crippen LogP contribution < -0.4 is 10.1 Å². The lowest BCUT2D eigenvalue weighted by Crippen LogP contribution is -2.41. The van der Waals surface area contributed by atoms with Gasteiger partial charge in [-0.05, 0) is 43.5 Å². The summed E-state index contributed by atoms with van der Waals surface area (Å²) < 4.78 is 5.60. The summed E-state index contributed by atoms with van der Waals surface area (Å²) in [5.74, 6) is 0.913. The van der Waals surface area contributed by atoms with Crippen LogP contribution in [0.5, 0.6) is 5.75 Å². The van der Waals surface area contributed by atoms with Crippen LogP contribution in [0.1, 0.15) is 18.4 Å². The largest absolute Gasteiger partial charge is 0.492 e. The number of amides is 1. The van der Waals surface area contributed by atoms with Gasteiger partial charge < -0.3 is 10.1 Å². The number of carbonyl (C=O) groups excluding carboxylic acids is 1. The Balaban J connectivity index is 1.38. The third-order valence-corrected chi connectivity index (χ3v) is 4.60. The number of nitrogens with one attached hydrogen (secondary N) is 1. The number of hydrogen-bond acceptors (Lipinski definition) is 3. The quantitative estimate of drug-likeness (QED) is 0.753. The third-order valence-electron chi connectivity index (χ3n) is 4.60. The van der Waals surface area contributed by atoms with Gasteiger partial charge in [0.15, 0.2) is 0 Å². The Morgan fingerprint density at radius 1 is 1.08 bits per heavy atom. The van der Waals surface area contributed by atoms with Crippen LogP contribution in [0.15, 0.2) is 60.7 Å². The predicted molar refractivity (Wildman–Crippen MR) is 99.7 cm³/mol. The van der Waals surface area contributed by atoms with Gasteiger partial charge in [0.1, 0.15) is 12.4 Å². The molecule has 1 fully saturated rings. The van der Waals surface area contributed by atoms with Crippen LogP contribution in [-0.2, 0) is 11.2 Å². The van der Waals surface area contributed by atoms with Crippen molar-refractivity contribution in [3.63, 3.8) is 0 Å². The van der Waals surface area contributed by atoms with Gasteiger partial charge in [-0.15, -0.1) is 0 Å². The van der Waals surface area contributed by atoms with Gasteiger partial charge in [-0.1, -0.05) is 48.5 Å². The molecule has 132 valence electrons. The van der Waals surface area contributed by atoms with Gasteiger partial charge in [0.2, 0.25) is 5.91 Å². The fourth-order valence-electron chi connectivity index (χ4n) is 3.34. The van der Waals surface area contributed by atoms with Gasteiger partial charge in [0.05, 0.1) is 13.1 Å². The molecule has 2 aromatic rings. The van der Waals surface area contributed by atoms with E-state index < -0.39 is 0 Å². The lowest BCUT2D eigenvalue weighted by atomic mass is 10.0. The number of ether oxygens (including phenoxy) is 1. The molecular formula is C21H26N2O2. The third kappa shape index (κ3) is 5.61. The Morgan fingerprint density at radius 2 is 1.80 bits per heavy atom. The average molecular weight is 338 g/mol. The average Bonchev–Trinajstić information content (AvgIpc) is 3.07. The molecule has 0 aromatic heterocycles. The van der Waals surface area contributed by atoms with Gasteiger partial charge in [-0.3, -0.25) is 9.69 Å². The maximum atomic E-state index is 12.2. The lowest BCUT2D eigenvalue weighted by Gasteiger charge is -2.24. The van der Waals surface area contributed by atoms with Crippen molar-refractivity contribution in [2.24, 2.45) is 0 Å². The van der Waals surface area contributed by atoms with Crippen LogP contribution in [0.4, 0.5) is 0 Å². The minimum absolute atomic E-state index is 0.0802. The molecule has 1 atom stereocenters. The van der Waals surface area contributed by atoms with Crippen LogP contribution in [-0.4, -0.2) is 43.1 Å². The van der Waals surface area contributed by atoms with Crippen molar-refractivity contribution in [1.82, 2.24) is 10.2 Å². The summed E-state index contributed by atoms with van der Waals surface area (Å²) in [5, 5.41) is 2.96. The Kier molecular flexibility index (Phi) is 6.46. The van der Waals surface area contributed by atoms with Crippen LogP contribution >= 0.6 is 0 Å². The number of likely N-dealkylation sites (tertiary alicyclic amines) is 1. The highest BCUT2D eigenvalue weighted by molar-refractivity contribution is 5.78. The number of hydrogen-bond donors (Lipinski definition) is 1. The molecular weight excluding hydrogens is 312 g/mol. The monoisotopic (exact) mass is 338 g/mol. The highest BCUT2D eigenvalue weighted by atomic mass is 16.5. The van der Waals surface area contributed by atoms with E-state index in [-0.39, 0.29) is 5.91 Å². The molecule has 1 heterocycles. The molecule has 4 nitrogen and oxygen atoms in total. The van der Waals surface area contributed by atoms with Crippen molar-refractivity contribution in [2.75, 3.05) is 26.2 Å². The molecule has 25 heavy (non-hydrogen) atoms. The van der Waals surface area contributed by atoms with E-state index in [1.54, 1.807) is 0 Å². The molecule has 0 aliphatic carbocycles. The Morgan fingerprint density at radius 3 is 2.56 bits per heavy atom. The van der Waals surface area contributed by atoms with Crippen LogP contribution in [0.2, 0.25) is 0 Å². The Hall–Kier alpha value is -2.33. The van der Waals surface area contributed by atoms with Crippen LogP contribution in [0.3, 0.4) is 0 Å². The number of benzene rings is 2. The Labute approximate surface area is 149 Å². The minimum atomic E-state index is 0.0802. The number of carbonyl (C=O) groups is 1. The van der Waals surface area contributed by atoms with Crippen LogP contribution in [0.25, 0.3) is 0 Å². The van der Waals surface area contributed by atoms with Gasteiger partial charge >= 0.3 is 0 Å². The van der Waals surface area contributed by atoms with E-state index in [1.165, 1.54) is 18.4 Å². The van der Waals surface area contributed by atoms with E-state index in [0.717, 1.165) is 18.7 Å². The fraction of sp³-hybridized carbons (Fsp3) is 0.381. The molecule has 3 rings (SSSR count). The van der Waals surface area contributed by atoms with Crippen molar-refractivity contribution >= 4 is 5.91 Å². The van der Waals surface area contributed by atoms with Crippen molar-refractivity contribution in [3.05, 3.63) is 66.2 Å². The zero-order valence-corrected chi connectivity index (χ0v) is 14.6. The number of nitrogens with zero attached hydrogens (tertiary/aromatic N) is 1. The molecule has 1 N–H and O–H groups in total. The standard InChI is InChI=1S/C21H26N2O2/c24-21(22-13-15-25-20-11-5-2-6-12-20)17-23-14-7-10-19(23)16-18-8-3-1-4-9-18/h1-6,8-9,11-12,19H,7,10,13-17H2,(H,22,24). The molecule has 1 saturated heterocycles. The van der Waals surface area contributed by atoms with Crippen molar-refractivity contribution in [1.29, 1.82) is 0 Å². The van der Waals surface area contributed by atoms with E-state index in [2.05, 4.69) is 34.5 Å². The first kappa shape index (κ1) is 17.5. The topological polar surface area (TPSA) is 41.6 Å². The summed E-state index contributed by atoms with van der Waals surface area (Å²) in [5.41, 5.74) is 1.34. The first-order valence-electron chi connectivity index (χ1n) is 9.04. The zero-order valence-electron chi connectivity index (χ0n) is 14.6. The molecule has 0 spiro atoms. The fourth-order valence-corrected chi connectivity index (χ4v) is 3.34. The molecule has 0 bridgehead atoms. The molecule has 1 aliphatic rings. The van der Waals surface area contributed by atoms with E-state index in [4.69, 9.17) is 4.74 Å². The molecule has 0 saturated carbocycles. The summed E-state index contributed by atoms with van der Waals surface area (Å²) in [6, 6.07) is 20.7. The first-order chi connectivity index (χ1) is 12.3. The number of rotatable bonds is 8. The highest BCUT2D eigenvalue weighted by Crippen LogP contribution is 2.20. The molecule has 0 radical (unpaired) electrons. The summed E-state index contributed by atoms with van der Waals surface area (Å²) in [4.78, 5) is 14.5. The first-order valence-corrected chi connectivity index (χ1v) is 9.04. The van der Waals surface area contributed by atoms with Crippen LogP contribution in [0, 0.1) is 0 Å².